The predicted octanol–water partition coefficient (Wildman–Crippen LogP) is 1.73. The van der Waals surface area contributed by atoms with Gasteiger partial charge >= 0.3 is 0 Å². The first-order valence-electron chi connectivity index (χ1n) is 6.81. The fraction of sp³-hybridized carbons (Fsp3) is 0.769. The van der Waals surface area contributed by atoms with Crippen LogP contribution in [0.4, 0.5) is 5.69 Å². The topological polar surface area (TPSA) is 33.1 Å². The number of aromatic nitrogens is 2. The predicted molar refractivity (Wildman–Crippen MR) is 71.4 cm³/mol. The maximum Gasteiger partial charge on any atom is 0.0752 e. The molecule has 0 aromatic carbocycles. The lowest BCUT2D eigenvalue weighted by atomic mass is 10.1. The second-order valence-corrected chi connectivity index (χ2v) is 4.86. The lowest BCUT2D eigenvalue weighted by Crippen LogP contribution is -2.26. The first-order valence-corrected chi connectivity index (χ1v) is 6.81. The Balaban J connectivity index is 1.80. The molecule has 1 unspecified atom stereocenters. The Labute approximate surface area is 104 Å². The van der Waals surface area contributed by atoms with Crippen molar-refractivity contribution in [2.75, 3.05) is 31.1 Å². The van der Waals surface area contributed by atoms with Crippen LogP contribution in [0.15, 0.2) is 12.4 Å². The normalized spacial score (nSPS) is 20.1. The third kappa shape index (κ3) is 3.22. The van der Waals surface area contributed by atoms with Gasteiger partial charge in [0, 0.05) is 25.8 Å². The van der Waals surface area contributed by atoms with Crippen LogP contribution in [0.3, 0.4) is 0 Å². The van der Waals surface area contributed by atoms with Gasteiger partial charge in [0.05, 0.1) is 11.9 Å². The maximum atomic E-state index is 4.34. The monoisotopic (exact) mass is 236 g/mol. The van der Waals surface area contributed by atoms with Crippen molar-refractivity contribution < 1.29 is 0 Å². The lowest BCUT2D eigenvalue weighted by Gasteiger charge is -2.16. The van der Waals surface area contributed by atoms with Crippen LogP contribution in [0.5, 0.6) is 0 Å². The van der Waals surface area contributed by atoms with E-state index in [9.17, 15) is 0 Å². The molecular formula is C13H24N4. The Hall–Kier alpha value is -1.03. The van der Waals surface area contributed by atoms with Crippen molar-refractivity contribution in [2.24, 2.45) is 5.92 Å². The number of rotatable bonds is 6. The molecule has 0 aliphatic carbocycles. The molecule has 1 aromatic heterocycles. The Morgan fingerprint density at radius 2 is 2.35 bits per heavy atom. The maximum absolute atomic E-state index is 4.34. The largest absolute Gasteiger partial charge is 0.369 e. The second kappa shape index (κ2) is 6.05. The zero-order chi connectivity index (χ0) is 12.1. The van der Waals surface area contributed by atoms with E-state index in [0.29, 0.717) is 0 Å². The summed E-state index contributed by atoms with van der Waals surface area (Å²) in [5.41, 5.74) is 1.28. The van der Waals surface area contributed by atoms with Crippen molar-refractivity contribution in [3.05, 3.63) is 12.4 Å². The van der Waals surface area contributed by atoms with E-state index in [1.807, 2.05) is 10.9 Å². The van der Waals surface area contributed by atoms with Crippen LogP contribution >= 0.6 is 0 Å². The van der Waals surface area contributed by atoms with E-state index < -0.39 is 0 Å². The number of nitrogens with zero attached hydrogens (tertiary/aromatic N) is 3. The number of nitrogens with one attached hydrogen (secondary N) is 1. The van der Waals surface area contributed by atoms with Gasteiger partial charge in [0.15, 0.2) is 0 Å². The highest BCUT2D eigenvalue weighted by Crippen LogP contribution is 2.22. The lowest BCUT2D eigenvalue weighted by molar-refractivity contribution is 0.516. The van der Waals surface area contributed by atoms with Crippen molar-refractivity contribution in [3.8, 4) is 0 Å². The van der Waals surface area contributed by atoms with Crippen molar-refractivity contribution in [3.63, 3.8) is 0 Å². The molecular weight excluding hydrogens is 212 g/mol. The van der Waals surface area contributed by atoms with Gasteiger partial charge in [0.2, 0.25) is 0 Å². The van der Waals surface area contributed by atoms with Crippen LogP contribution < -0.4 is 10.2 Å². The van der Waals surface area contributed by atoms with Gasteiger partial charge in [-0.1, -0.05) is 6.92 Å². The van der Waals surface area contributed by atoms with Crippen molar-refractivity contribution in [1.29, 1.82) is 0 Å². The van der Waals surface area contributed by atoms with Crippen molar-refractivity contribution >= 4 is 5.69 Å². The first kappa shape index (κ1) is 12.4. The minimum Gasteiger partial charge on any atom is -0.369 e. The second-order valence-electron chi connectivity index (χ2n) is 4.86. The SMILES string of the molecule is CCCNCC1CCN(c2cnn(CC)c2)C1. The minimum atomic E-state index is 0.798. The molecule has 0 saturated carbocycles. The molecule has 1 aliphatic heterocycles. The highest BCUT2D eigenvalue weighted by molar-refractivity contribution is 5.43. The molecule has 96 valence electrons. The van der Waals surface area contributed by atoms with Crippen LogP contribution in [0, 0.1) is 5.92 Å². The zero-order valence-corrected chi connectivity index (χ0v) is 11.0. The van der Waals surface area contributed by atoms with E-state index in [-0.39, 0.29) is 0 Å². The molecule has 2 rings (SSSR count). The van der Waals surface area contributed by atoms with E-state index in [4.69, 9.17) is 0 Å². The number of hydrogen-bond acceptors (Lipinski definition) is 3. The van der Waals surface area contributed by atoms with Gasteiger partial charge in [-0.2, -0.15) is 5.10 Å². The van der Waals surface area contributed by atoms with E-state index >= 15 is 0 Å². The summed E-state index contributed by atoms with van der Waals surface area (Å²) in [6.07, 6.45) is 6.67. The van der Waals surface area contributed by atoms with E-state index in [1.165, 1.54) is 31.6 Å². The molecule has 17 heavy (non-hydrogen) atoms. The fourth-order valence-electron chi connectivity index (χ4n) is 2.41. The molecule has 1 fully saturated rings. The number of anilines is 1. The van der Waals surface area contributed by atoms with Crippen LogP contribution in [0.2, 0.25) is 0 Å². The third-order valence-electron chi connectivity index (χ3n) is 3.45. The van der Waals surface area contributed by atoms with Crippen LogP contribution in [-0.4, -0.2) is 36.0 Å². The Kier molecular flexibility index (Phi) is 4.42. The van der Waals surface area contributed by atoms with E-state index in [2.05, 4.69) is 35.4 Å². The Bertz CT molecular complexity index is 334. The van der Waals surface area contributed by atoms with Gasteiger partial charge in [-0.05, 0) is 38.8 Å². The Morgan fingerprint density at radius 1 is 1.47 bits per heavy atom. The van der Waals surface area contributed by atoms with Gasteiger partial charge in [-0.15, -0.1) is 0 Å². The zero-order valence-electron chi connectivity index (χ0n) is 11.0. The molecule has 1 atom stereocenters. The first-order chi connectivity index (χ1) is 8.33. The molecule has 2 heterocycles. The molecule has 0 spiro atoms. The summed E-state index contributed by atoms with van der Waals surface area (Å²) in [6, 6.07) is 0. The highest BCUT2D eigenvalue weighted by Gasteiger charge is 2.22. The summed E-state index contributed by atoms with van der Waals surface area (Å²) < 4.78 is 2.00. The summed E-state index contributed by atoms with van der Waals surface area (Å²) in [7, 11) is 0. The molecule has 4 nitrogen and oxygen atoms in total. The van der Waals surface area contributed by atoms with Crippen molar-refractivity contribution in [1.82, 2.24) is 15.1 Å². The molecule has 0 amide bonds. The molecule has 1 aliphatic rings. The summed E-state index contributed by atoms with van der Waals surface area (Å²) in [4.78, 5) is 2.46. The van der Waals surface area contributed by atoms with Crippen LogP contribution in [0.1, 0.15) is 26.7 Å². The molecule has 0 bridgehead atoms. The smallest absolute Gasteiger partial charge is 0.0752 e. The quantitative estimate of drug-likeness (QED) is 0.764. The fourth-order valence-corrected chi connectivity index (χ4v) is 2.41. The molecule has 1 N–H and O–H groups in total. The third-order valence-corrected chi connectivity index (χ3v) is 3.45. The molecule has 0 radical (unpaired) electrons. The number of hydrogen-bond donors (Lipinski definition) is 1. The summed E-state index contributed by atoms with van der Waals surface area (Å²) >= 11 is 0. The summed E-state index contributed by atoms with van der Waals surface area (Å²) in [5, 5.41) is 7.86. The van der Waals surface area contributed by atoms with E-state index in [1.54, 1.807) is 0 Å². The molecule has 1 aromatic rings. The van der Waals surface area contributed by atoms with Gasteiger partial charge in [-0.25, -0.2) is 0 Å². The standard InChI is InChI=1S/C13H24N4/c1-3-6-14-8-12-5-7-16(10-12)13-9-15-17(4-2)11-13/h9,11-12,14H,3-8,10H2,1-2H3. The van der Waals surface area contributed by atoms with E-state index in [0.717, 1.165) is 25.6 Å². The summed E-state index contributed by atoms with van der Waals surface area (Å²) in [5.74, 6) is 0.798. The van der Waals surface area contributed by atoms with Gasteiger partial charge in [0.25, 0.3) is 0 Å². The van der Waals surface area contributed by atoms with Gasteiger partial charge in [-0.3, -0.25) is 4.68 Å². The highest BCUT2D eigenvalue weighted by atomic mass is 15.3. The van der Waals surface area contributed by atoms with Crippen molar-refractivity contribution in [2.45, 2.75) is 33.2 Å². The Morgan fingerprint density at radius 3 is 3.06 bits per heavy atom. The molecule has 4 heteroatoms. The van der Waals surface area contributed by atoms with Crippen LogP contribution in [-0.2, 0) is 6.54 Å². The van der Waals surface area contributed by atoms with Crippen LogP contribution in [0.25, 0.3) is 0 Å². The molecule has 1 saturated heterocycles. The minimum absolute atomic E-state index is 0.798. The summed E-state index contributed by atoms with van der Waals surface area (Å²) in [6.45, 7) is 9.94. The van der Waals surface area contributed by atoms with Gasteiger partial charge in [0.1, 0.15) is 0 Å². The van der Waals surface area contributed by atoms with Gasteiger partial charge < -0.3 is 10.2 Å². The average Bonchev–Trinajstić information content (AvgIpc) is 2.97. The average molecular weight is 236 g/mol. The number of aryl methyl sites for hydroxylation is 1.